The molecule has 0 fully saturated rings. The first-order chi connectivity index (χ1) is 7.72. The van der Waals surface area contributed by atoms with Gasteiger partial charge in [-0.15, -0.1) is 10.2 Å². The van der Waals surface area contributed by atoms with Crippen LogP contribution in [0.3, 0.4) is 0 Å². The first-order valence-corrected chi connectivity index (χ1v) is 5.98. The lowest BCUT2D eigenvalue weighted by atomic mass is 10.1. The van der Waals surface area contributed by atoms with Gasteiger partial charge >= 0.3 is 0 Å². The SMILES string of the molecule is CCCCCCC(C)Oc1ccc(N)nn1. The maximum Gasteiger partial charge on any atom is 0.233 e. The van der Waals surface area contributed by atoms with Crippen LogP contribution in [0.25, 0.3) is 0 Å². The number of nitrogen functional groups attached to an aromatic ring is 1. The smallest absolute Gasteiger partial charge is 0.233 e. The van der Waals surface area contributed by atoms with Crippen LogP contribution >= 0.6 is 0 Å². The molecule has 0 aromatic carbocycles. The topological polar surface area (TPSA) is 61.0 Å². The van der Waals surface area contributed by atoms with Crippen molar-refractivity contribution in [2.24, 2.45) is 0 Å². The molecular formula is C12H21N3O. The Balaban J connectivity index is 2.23. The largest absolute Gasteiger partial charge is 0.474 e. The summed E-state index contributed by atoms with van der Waals surface area (Å²) in [6, 6.07) is 3.46. The van der Waals surface area contributed by atoms with Gasteiger partial charge in [-0.3, -0.25) is 0 Å². The normalized spacial score (nSPS) is 12.4. The molecule has 1 unspecified atom stereocenters. The van der Waals surface area contributed by atoms with E-state index in [-0.39, 0.29) is 6.10 Å². The van der Waals surface area contributed by atoms with E-state index in [0.717, 1.165) is 6.42 Å². The van der Waals surface area contributed by atoms with Crippen molar-refractivity contribution in [3.05, 3.63) is 12.1 Å². The van der Waals surface area contributed by atoms with Crippen LogP contribution in [0.2, 0.25) is 0 Å². The van der Waals surface area contributed by atoms with Crippen molar-refractivity contribution in [2.75, 3.05) is 5.73 Å². The first kappa shape index (κ1) is 12.7. The zero-order chi connectivity index (χ0) is 11.8. The van der Waals surface area contributed by atoms with Gasteiger partial charge in [0, 0.05) is 6.07 Å². The predicted octanol–water partition coefficient (Wildman–Crippen LogP) is 2.80. The molecule has 2 N–H and O–H groups in total. The molecule has 1 heterocycles. The number of unbranched alkanes of at least 4 members (excludes halogenated alkanes) is 3. The summed E-state index contributed by atoms with van der Waals surface area (Å²) in [5, 5.41) is 7.61. The molecule has 0 aliphatic heterocycles. The average Bonchev–Trinajstić information content (AvgIpc) is 2.28. The average molecular weight is 223 g/mol. The van der Waals surface area contributed by atoms with Gasteiger partial charge in [0.25, 0.3) is 0 Å². The molecule has 0 saturated carbocycles. The summed E-state index contributed by atoms with van der Waals surface area (Å²) in [5.41, 5.74) is 5.44. The van der Waals surface area contributed by atoms with Crippen molar-refractivity contribution in [1.82, 2.24) is 10.2 Å². The Morgan fingerprint density at radius 3 is 2.69 bits per heavy atom. The number of hydrogen-bond acceptors (Lipinski definition) is 4. The minimum Gasteiger partial charge on any atom is -0.474 e. The molecule has 0 bridgehead atoms. The molecular weight excluding hydrogens is 202 g/mol. The number of nitrogens with two attached hydrogens (primary N) is 1. The van der Waals surface area contributed by atoms with E-state index < -0.39 is 0 Å². The van der Waals surface area contributed by atoms with Crippen LogP contribution < -0.4 is 10.5 Å². The highest BCUT2D eigenvalue weighted by Crippen LogP contribution is 2.12. The molecule has 1 atom stereocenters. The van der Waals surface area contributed by atoms with E-state index >= 15 is 0 Å². The monoisotopic (exact) mass is 223 g/mol. The zero-order valence-electron chi connectivity index (χ0n) is 10.1. The van der Waals surface area contributed by atoms with Crippen LogP contribution in [0.1, 0.15) is 46.0 Å². The van der Waals surface area contributed by atoms with Crippen molar-refractivity contribution < 1.29 is 4.74 Å². The summed E-state index contributed by atoms with van der Waals surface area (Å²) in [4.78, 5) is 0. The lowest BCUT2D eigenvalue weighted by Crippen LogP contribution is -2.12. The van der Waals surface area contributed by atoms with Crippen molar-refractivity contribution in [2.45, 2.75) is 52.1 Å². The molecule has 0 radical (unpaired) electrons. The Labute approximate surface area is 97.2 Å². The number of nitrogens with zero attached hydrogens (tertiary/aromatic N) is 2. The fraction of sp³-hybridized carbons (Fsp3) is 0.667. The molecule has 1 aromatic rings. The van der Waals surface area contributed by atoms with Gasteiger partial charge in [0.15, 0.2) is 0 Å². The number of anilines is 1. The van der Waals surface area contributed by atoms with E-state index in [1.54, 1.807) is 12.1 Å². The van der Waals surface area contributed by atoms with Crippen LogP contribution in [0.15, 0.2) is 12.1 Å². The fourth-order valence-electron chi connectivity index (χ4n) is 1.52. The Morgan fingerprint density at radius 1 is 1.25 bits per heavy atom. The standard InChI is InChI=1S/C12H21N3O/c1-3-4-5-6-7-10(2)16-12-9-8-11(13)14-15-12/h8-10H,3-7H2,1-2H3,(H2,13,14). The minimum atomic E-state index is 0.190. The van der Waals surface area contributed by atoms with E-state index in [1.165, 1.54) is 25.7 Å². The van der Waals surface area contributed by atoms with E-state index in [1.807, 2.05) is 0 Å². The second kappa shape index (κ2) is 7.04. The van der Waals surface area contributed by atoms with E-state index in [4.69, 9.17) is 10.5 Å². The number of hydrogen-bond donors (Lipinski definition) is 1. The number of rotatable bonds is 7. The second-order valence-electron chi connectivity index (χ2n) is 4.07. The van der Waals surface area contributed by atoms with Crippen LogP contribution in [-0.4, -0.2) is 16.3 Å². The van der Waals surface area contributed by atoms with Gasteiger partial charge < -0.3 is 10.5 Å². The Kier molecular flexibility index (Phi) is 5.61. The first-order valence-electron chi connectivity index (χ1n) is 5.98. The molecule has 1 aromatic heterocycles. The van der Waals surface area contributed by atoms with Crippen LogP contribution in [0.4, 0.5) is 5.82 Å². The molecule has 16 heavy (non-hydrogen) atoms. The quantitative estimate of drug-likeness (QED) is 0.722. The molecule has 0 amide bonds. The Morgan fingerprint density at radius 2 is 2.06 bits per heavy atom. The zero-order valence-corrected chi connectivity index (χ0v) is 10.1. The molecule has 0 aliphatic rings. The van der Waals surface area contributed by atoms with Gasteiger partial charge in [0.05, 0.1) is 6.10 Å². The van der Waals surface area contributed by atoms with Gasteiger partial charge in [-0.2, -0.15) is 0 Å². The van der Waals surface area contributed by atoms with Crippen molar-refractivity contribution >= 4 is 5.82 Å². The summed E-state index contributed by atoms with van der Waals surface area (Å²) in [7, 11) is 0. The van der Waals surface area contributed by atoms with Crippen LogP contribution in [0.5, 0.6) is 5.88 Å². The fourth-order valence-corrected chi connectivity index (χ4v) is 1.52. The summed E-state index contributed by atoms with van der Waals surface area (Å²) < 4.78 is 5.62. The van der Waals surface area contributed by atoms with Gasteiger partial charge in [-0.05, 0) is 25.8 Å². The lowest BCUT2D eigenvalue weighted by molar-refractivity contribution is 0.196. The molecule has 0 saturated heterocycles. The third-order valence-corrected chi connectivity index (χ3v) is 2.45. The van der Waals surface area contributed by atoms with Crippen LogP contribution in [0, 0.1) is 0 Å². The molecule has 0 aliphatic carbocycles. The third-order valence-electron chi connectivity index (χ3n) is 2.45. The van der Waals surface area contributed by atoms with E-state index in [0.29, 0.717) is 11.7 Å². The molecule has 1 rings (SSSR count). The van der Waals surface area contributed by atoms with Gasteiger partial charge in [0.2, 0.25) is 5.88 Å². The van der Waals surface area contributed by atoms with Gasteiger partial charge in [0.1, 0.15) is 5.82 Å². The third kappa shape index (κ3) is 4.96. The Hall–Kier alpha value is -1.32. The molecule has 0 spiro atoms. The van der Waals surface area contributed by atoms with Gasteiger partial charge in [-0.25, -0.2) is 0 Å². The highest BCUT2D eigenvalue weighted by Gasteiger charge is 2.04. The highest BCUT2D eigenvalue weighted by molar-refractivity contribution is 5.27. The predicted molar refractivity (Wildman–Crippen MR) is 65.3 cm³/mol. The molecule has 4 nitrogen and oxygen atoms in total. The van der Waals surface area contributed by atoms with Crippen LogP contribution in [-0.2, 0) is 0 Å². The maximum atomic E-state index is 5.62. The second-order valence-corrected chi connectivity index (χ2v) is 4.07. The van der Waals surface area contributed by atoms with E-state index in [9.17, 15) is 0 Å². The number of aromatic nitrogens is 2. The summed E-state index contributed by atoms with van der Waals surface area (Å²) in [6.07, 6.45) is 6.29. The lowest BCUT2D eigenvalue weighted by Gasteiger charge is -2.12. The maximum absolute atomic E-state index is 5.62. The summed E-state index contributed by atoms with van der Waals surface area (Å²) >= 11 is 0. The molecule has 4 heteroatoms. The summed E-state index contributed by atoms with van der Waals surface area (Å²) in [6.45, 7) is 4.27. The molecule has 90 valence electrons. The van der Waals surface area contributed by atoms with Crippen molar-refractivity contribution in [3.63, 3.8) is 0 Å². The van der Waals surface area contributed by atoms with E-state index in [2.05, 4.69) is 24.0 Å². The summed E-state index contributed by atoms with van der Waals surface area (Å²) in [5.74, 6) is 0.972. The van der Waals surface area contributed by atoms with Crippen molar-refractivity contribution in [3.8, 4) is 5.88 Å². The highest BCUT2D eigenvalue weighted by atomic mass is 16.5. The van der Waals surface area contributed by atoms with Crippen molar-refractivity contribution in [1.29, 1.82) is 0 Å². The minimum absolute atomic E-state index is 0.190. The number of ether oxygens (including phenoxy) is 1. The van der Waals surface area contributed by atoms with Gasteiger partial charge in [-0.1, -0.05) is 26.2 Å². The Bertz CT molecular complexity index is 287.